The molecule has 1 aromatic heterocycles. The van der Waals surface area contributed by atoms with Crippen LogP contribution in [-0.2, 0) is 0 Å². The summed E-state index contributed by atoms with van der Waals surface area (Å²) in [4.78, 5) is 10.1. The second-order valence-electron chi connectivity index (χ2n) is 4.70. The summed E-state index contributed by atoms with van der Waals surface area (Å²) < 4.78 is 1.75. The maximum Gasteiger partial charge on any atom is 0.307 e. The van der Waals surface area contributed by atoms with E-state index in [1.807, 2.05) is 0 Å². The summed E-state index contributed by atoms with van der Waals surface area (Å²) in [6.45, 7) is 4.43. The van der Waals surface area contributed by atoms with Gasteiger partial charge in [0, 0.05) is 0 Å². The van der Waals surface area contributed by atoms with Gasteiger partial charge in [-0.1, -0.05) is 26.7 Å². The van der Waals surface area contributed by atoms with Crippen molar-refractivity contribution in [1.29, 1.82) is 0 Å². The van der Waals surface area contributed by atoms with Crippen molar-refractivity contribution in [2.75, 3.05) is 0 Å². The van der Waals surface area contributed by atoms with Crippen molar-refractivity contribution >= 4 is 5.69 Å². The molecule has 1 fully saturated rings. The molecule has 88 valence electrons. The summed E-state index contributed by atoms with van der Waals surface area (Å²) in [5.41, 5.74) is 0.538. The molecule has 0 N–H and O–H groups in total. The summed E-state index contributed by atoms with van der Waals surface area (Å²) in [6.07, 6.45) is 7.43. The Balaban J connectivity index is 2.03. The van der Waals surface area contributed by atoms with Crippen molar-refractivity contribution in [2.45, 2.75) is 45.6 Å². The molecule has 0 unspecified atom stereocenters. The summed E-state index contributed by atoms with van der Waals surface area (Å²) in [7, 11) is 0. The van der Waals surface area contributed by atoms with Crippen molar-refractivity contribution in [3.63, 3.8) is 0 Å². The quantitative estimate of drug-likeness (QED) is 0.582. The Kier molecular flexibility index (Phi) is 2.69. The van der Waals surface area contributed by atoms with E-state index in [4.69, 9.17) is 0 Å². The highest BCUT2D eigenvalue weighted by atomic mass is 16.6. The molecule has 5 heteroatoms. The molecule has 5 nitrogen and oxygen atoms in total. The zero-order chi connectivity index (χ0) is 11.8. The standard InChI is InChI=1S/C11H17N3O2/c1-3-11(4-2)5-9(6-11)13-8-10(7-12-13)14(15)16/h7-9H,3-6H2,1-2H3. The van der Waals surface area contributed by atoms with Crippen LogP contribution in [0, 0.1) is 15.5 Å². The molecule has 0 amide bonds. The van der Waals surface area contributed by atoms with Gasteiger partial charge in [0.2, 0.25) is 0 Å². The third kappa shape index (κ3) is 1.70. The van der Waals surface area contributed by atoms with Gasteiger partial charge in [0.15, 0.2) is 0 Å². The smallest absolute Gasteiger partial charge is 0.262 e. The van der Waals surface area contributed by atoms with E-state index < -0.39 is 4.92 Å². The van der Waals surface area contributed by atoms with E-state index in [9.17, 15) is 10.1 Å². The maximum atomic E-state index is 10.5. The van der Waals surface area contributed by atoms with E-state index >= 15 is 0 Å². The first kappa shape index (κ1) is 11.1. The first-order valence-electron chi connectivity index (χ1n) is 5.79. The molecule has 1 aliphatic rings. The van der Waals surface area contributed by atoms with Crippen LogP contribution in [0.25, 0.3) is 0 Å². The van der Waals surface area contributed by atoms with Crippen LogP contribution in [0.4, 0.5) is 5.69 Å². The average molecular weight is 223 g/mol. The number of nitro groups is 1. The van der Waals surface area contributed by atoms with E-state index in [2.05, 4.69) is 18.9 Å². The van der Waals surface area contributed by atoms with Crippen LogP contribution in [-0.4, -0.2) is 14.7 Å². The second kappa shape index (κ2) is 3.88. The van der Waals surface area contributed by atoms with Gasteiger partial charge in [-0.3, -0.25) is 14.8 Å². The minimum Gasteiger partial charge on any atom is -0.262 e. The van der Waals surface area contributed by atoms with Crippen LogP contribution in [0.3, 0.4) is 0 Å². The molecule has 1 aliphatic carbocycles. The van der Waals surface area contributed by atoms with Crippen molar-refractivity contribution in [3.8, 4) is 0 Å². The van der Waals surface area contributed by atoms with Gasteiger partial charge in [0.25, 0.3) is 0 Å². The molecule has 0 bridgehead atoms. The third-order valence-electron chi connectivity index (χ3n) is 4.01. The predicted molar refractivity (Wildman–Crippen MR) is 60.2 cm³/mol. The van der Waals surface area contributed by atoms with E-state index in [1.165, 1.54) is 19.0 Å². The van der Waals surface area contributed by atoms with Gasteiger partial charge in [-0.2, -0.15) is 5.10 Å². The first-order chi connectivity index (χ1) is 7.60. The monoisotopic (exact) mass is 223 g/mol. The molecule has 0 radical (unpaired) electrons. The molecule has 16 heavy (non-hydrogen) atoms. The Morgan fingerprint density at radius 1 is 1.56 bits per heavy atom. The fraction of sp³-hybridized carbons (Fsp3) is 0.727. The first-order valence-corrected chi connectivity index (χ1v) is 5.79. The van der Waals surface area contributed by atoms with Gasteiger partial charge in [0.1, 0.15) is 12.4 Å². The van der Waals surface area contributed by atoms with Gasteiger partial charge >= 0.3 is 5.69 Å². The molecule has 0 aromatic carbocycles. The van der Waals surface area contributed by atoms with Crippen LogP contribution >= 0.6 is 0 Å². The minimum absolute atomic E-state index is 0.0884. The topological polar surface area (TPSA) is 61.0 Å². The Bertz CT molecular complexity index is 388. The largest absolute Gasteiger partial charge is 0.307 e. The lowest BCUT2D eigenvalue weighted by Crippen LogP contribution is -2.37. The van der Waals surface area contributed by atoms with E-state index in [1.54, 1.807) is 10.9 Å². The molecule has 0 saturated heterocycles. The summed E-state index contributed by atoms with van der Waals surface area (Å²) in [5.74, 6) is 0. The van der Waals surface area contributed by atoms with E-state index in [0.29, 0.717) is 11.5 Å². The van der Waals surface area contributed by atoms with Gasteiger partial charge < -0.3 is 0 Å². The number of nitrogens with zero attached hydrogens (tertiary/aromatic N) is 3. The van der Waals surface area contributed by atoms with Crippen molar-refractivity contribution < 1.29 is 4.92 Å². The van der Waals surface area contributed by atoms with Crippen LogP contribution < -0.4 is 0 Å². The van der Waals surface area contributed by atoms with Gasteiger partial charge in [0.05, 0.1) is 11.0 Å². The highest BCUT2D eigenvalue weighted by molar-refractivity contribution is 5.21. The van der Waals surface area contributed by atoms with Crippen molar-refractivity contribution in [3.05, 3.63) is 22.5 Å². The zero-order valence-corrected chi connectivity index (χ0v) is 9.72. The number of hydrogen-bond acceptors (Lipinski definition) is 3. The Hall–Kier alpha value is -1.39. The normalized spacial score (nSPS) is 19.4. The molecule has 1 saturated carbocycles. The molecule has 1 aromatic rings. The van der Waals surface area contributed by atoms with Crippen molar-refractivity contribution in [2.24, 2.45) is 5.41 Å². The molecule has 0 atom stereocenters. The number of rotatable bonds is 4. The van der Waals surface area contributed by atoms with E-state index in [0.717, 1.165) is 12.8 Å². The van der Waals surface area contributed by atoms with Crippen LogP contribution in [0.5, 0.6) is 0 Å². The highest BCUT2D eigenvalue weighted by Gasteiger charge is 2.42. The lowest BCUT2D eigenvalue weighted by Gasteiger charge is -2.47. The average Bonchev–Trinajstić information content (AvgIpc) is 2.67. The Morgan fingerprint density at radius 3 is 2.62 bits per heavy atom. The molecule has 1 heterocycles. The number of aromatic nitrogens is 2. The molecule has 0 aliphatic heterocycles. The van der Waals surface area contributed by atoms with Crippen LogP contribution in [0.15, 0.2) is 12.4 Å². The van der Waals surface area contributed by atoms with Gasteiger partial charge in [-0.05, 0) is 18.3 Å². The molecule has 0 spiro atoms. The second-order valence-corrected chi connectivity index (χ2v) is 4.70. The SMILES string of the molecule is CCC1(CC)CC(n2cc([N+](=O)[O-])cn2)C1. The number of hydrogen-bond donors (Lipinski definition) is 0. The predicted octanol–water partition coefficient (Wildman–Crippen LogP) is 2.93. The molecule has 2 rings (SSSR count). The minimum atomic E-state index is -0.394. The fourth-order valence-corrected chi connectivity index (χ4v) is 2.58. The molecular weight excluding hydrogens is 206 g/mol. The Labute approximate surface area is 94.6 Å². The highest BCUT2D eigenvalue weighted by Crippen LogP contribution is 2.52. The van der Waals surface area contributed by atoms with Crippen LogP contribution in [0.2, 0.25) is 0 Å². The lowest BCUT2D eigenvalue weighted by molar-refractivity contribution is -0.385. The summed E-state index contributed by atoms with van der Waals surface area (Å²) in [6, 6.07) is 0.355. The van der Waals surface area contributed by atoms with Gasteiger partial charge in [-0.15, -0.1) is 0 Å². The summed E-state index contributed by atoms with van der Waals surface area (Å²) >= 11 is 0. The fourth-order valence-electron chi connectivity index (χ4n) is 2.58. The van der Waals surface area contributed by atoms with Crippen LogP contribution in [0.1, 0.15) is 45.6 Å². The third-order valence-corrected chi connectivity index (χ3v) is 4.01. The molecular formula is C11H17N3O2. The lowest BCUT2D eigenvalue weighted by atomic mass is 9.62. The van der Waals surface area contributed by atoms with E-state index in [-0.39, 0.29) is 5.69 Å². The zero-order valence-electron chi connectivity index (χ0n) is 9.72. The summed E-state index contributed by atoms with van der Waals surface area (Å²) in [5, 5.41) is 14.6. The van der Waals surface area contributed by atoms with Crippen molar-refractivity contribution in [1.82, 2.24) is 9.78 Å². The maximum absolute atomic E-state index is 10.5. The van der Waals surface area contributed by atoms with Gasteiger partial charge in [-0.25, -0.2) is 0 Å². The Morgan fingerprint density at radius 2 is 2.19 bits per heavy atom.